The van der Waals surface area contributed by atoms with E-state index in [2.05, 4.69) is 37.7 Å². The first kappa shape index (κ1) is 16.3. The number of aromatic nitrogens is 2. The molecule has 1 saturated heterocycles. The molecule has 128 valence electrons. The molecule has 0 spiro atoms. The fourth-order valence-electron chi connectivity index (χ4n) is 2.81. The summed E-state index contributed by atoms with van der Waals surface area (Å²) >= 11 is 0. The van der Waals surface area contributed by atoms with Gasteiger partial charge in [0.25, 0.3) is 0 Å². The summed E-state index contributed by atoms with van der Waals surface area (Å²) in [4.78, 5) is 8.80. The highest BCUT2D eigenvalue weighted by Crippen LogP contribution is 2.36. The molecule has 0 amide bonds. The summed E-state index contributed by atoms with van der Waals surface area (Å²) in [5, 5.41) is 0. The van der Waals surface area contributed by atoms with Crippen LogP contribution in [0.2, 0.25) is 0 Å². The Bertz CT molecular complexity index is 915. The molecule has 1 aliphatic heterocycles. The van der Waals surface area contributed by atoms with Crippen LogP contribution in [0.25, 0.3) is 22.7 Å². The summed E-state index contributed by atoms with van der Waals surface area (Å²) in [6.45, 7) is 10.2. The van der Waals surface area contributed by atoms with Gasteiger partial charge < -0.3 is 13.7 Å². The van der Waals surface area contributed by atoms with E-state index in [1.807, 2.05) is 37.3 Å². The van der Waals surface area contributed by atoms with Crippen molar-refractivity contribution < 1.29 is 13.7 Å². The standard InChI is InChI=1S/C19H21BN2O3/c1-12-10-15-17(21-11-12)23-16(22-15)13-6-8-14(9-7-13)20-24-18(2,3)19(4,5)25-20/h6-11H,1-5H3. The van der Waals surface area contributed by atoms with Crippen LogP contribution in [-0.2, 0) is 9.31 Å². The van der Waals surface area contributed by atoms with Crippen molar-refractivity contribution in [3.05, 3.63) is 42.1 Å². The zero-order chi connectivity index (χ0) is 17.8. The molecular weight excluding hydrogens is 315 g/mol. The van der Waals surface area contributed by atoms with Crippen LogP contribution in [0.15, 0.2) is 40.9 Å². The molecule has 0 atom stereocenters. The van der Waals surface area contributed by atoms with Crippen molar-refractivity contribution in [1.82, 2.24) is 9.97 Å². The minimum Gasteiger partial charge on any atom is -0.418 e. The number of fused-ring (bicyclic) bond motifs is 1. The molecule has 3 heterocycles. The maximum absolute atomic E-state index is 6.09. The Labute approximate surface area is 147 Å². The lowest BCUT2D eigenvalue weighted by atomic mass is 9.79. The predicted octanol–water partition coefficient (Wildman–Crippen LogP) is 3.50. The largest absolute Gasteiger partial charge is 0.494 e. The second kappa shape index (κ2) is 5.41. The normalized spacial score (nSPS) is 18.8. The zero-order valence-corrected chi connectivity index (χ0v) is 15.2. The van der Waals surface area contributed by atoms with Crippen molar-refractivity contribution in [3.8, 4) is 11.5 Å². The first-order valence-electron chi connectivity index (χ1n) is 8.44. The van der Waals surface area contributed by atoms with Gasteiger partial charge in [0.1, 0.15) is 5.52 Å². The molecule has 0 bridgehead atoms. The minimum atomic E-state index is -0.369. The van der Waals surface area contributed by atoms with Gasteiger partial charge in [0.2, 0.25) is 11.6 Å². The maximum Gasteiger partial charge on any atom is 0.494 e. The quantitative estimate of drug-likeness (QED) is 0.671. The van der Waals surface area contributed by atoms with E-state index in [-0.39, 0.29) is 18.3 Å². The molecule has 1 fully saturated rings. The average Bonchev–Trinajstić information content (AvgIpc) is 3.05. The van der Waals surface area contributed by atoms with E-state index in [1.54, 1.807) is 6.20 Å². The van der Waals surface area contributed by atoms with E-state index in [0.29, 0.717) is 11.6 Å². The summed E-state index contributed by atoms with van der Waals surface area (Å²) < 4.78 is 17.9. The number of oxazole rings is 1. The van der Waals surface area contributed by atoms with Crippen LogP contribution in [0.4, 0.5) is 0 Å². The third-order valence-electron chi connectivity index (χ3n) is 5.07. The van der Waals surface area contributed by atoms with Crippen molar-refractivity contribution in [2.75, 3.05) is 0 Å². The molecule has 0 aliphatic carbocycles. The number of nitrogens with zero attached hydrogens (tertiary/aromatic N) is 2. The predicted molar refractivity (Wildman–Crippen MR) is 97.7 cm³/mol. The monoisotopic (exact) mass is 336 g/mol. The molecule has 25 heavy (non-hydrogen) atoms. The first-order chi connectivity index (χ1) is 11.7. The fraction of sp³-hybridized carbons (Fsp3) is 0.368. The van der Waals surface area contributed by atoms with E-state index in [4.69, 9.17) is 13.7 Å². The van der Waals surface area contributed by atoms with Crippen molar-refractivity contribution in [2.45, 2.75) is 45.8 Å². The molecule has 0 radical (unpaired) electrons. The Kier molecular flexibility index (Phi) is 3.53. The lowest BCUT2D eigenvalue weighted by molar-refractivity contribution is 0.00578. The molecule has 0 N–H and O–H groups in total. The van der Waals surface area contributed by atoms with Crippen molar-refractivity contribution in [3.63, 3.8) is 0 Å². The summed E-state index contributed by atoms with van der Waals surface area (Å²) in [6.07, 6.45) is 1.78. The van der Waals surface area contributed by atoms with E-state index >= 15 is 0 Å². The number of hydrogen-bond donors (Lipinski definition) is 0. The van der Waals surface area contributed by atoms with Crippen molar-refractivity contribution in [2.24, 2.45) is 0 Å². The van der Waals surface area contributed by atoms with Crippen LogP contribution >= 0.6 is 0 Å². The van der Waals surface area contributed by atoms with E-state index in [1.165, 1.54) is 0 Å². The van der Waals surface area contributed by atoms with Gasteiger partial charge in [-0.25, -0.2) is 9.97 Å². The number of benzene rings is 1. The molecule has 1 aromatic carbocycles. The Morgan fingerprint density at radius 2 is 1.60 bits per heavy atom. The third kappa shape index (κ3) is 2.75. The molecule has 5 nitrogen and oxygen atoms in total. The molecular formula is C19H21BN2O3. The first-order valence-corrected chi connectivity index (χ1v) is 8.44. The van der Waals surface area contributed by atoms with E-state index in [9.17, 15) is 0 Å². The summed E-state index contributed by atoms with van der Waals surface area (Å²) in [7, 11) is -0.369. The molecule has 0 saturated carbocycles. The Hall–Kier alpha value is -2.18. The smallest absolute Gasteiger partial charge is 0.418 e. The summed E-state index contributed by atoms with van der Waals surface area (Å²) in [5.74, 6) is 0.563. The SMILES string of the molecule is Cc1cnc2oc(-c3ccc(B4OC(C)(C)C(C)(C)O4)cc3)nc2c1. The van der Waals surface area contributed by atoms with Crippen LogP contribution in [-0.4, -0.2) is 28.3 Å². The van der Waals surface area contributed by atoms with Crippen molar-refractivity contribution in [1.29, 1.82) is 0 Å². The van der Waals surface area contributed by atoms with Gasteiger partial charge in [-0.15, -0.1) is 0 Å². The van der Waals surface area contributed by atoms with Crippen LogP contribution in [0.3, 0.4) is 0 Å². The van der Waals surface area contributed by atoms with Gasteiger partial charge >= 0.3 is 7.12 Å². The number of hydrogen-bond acceptors (Lipinski definition) is 5. The van der Waals surface area contributed by atoms with Gasteiger partial charge in [-0.2, -0.15) is 0 Å². The lowest BCUT2D eigenvalue weighted by Gasteiger charge is -2.32. The Morgan fingerprint density at radius 3 is 2.24 bits per heavy atom. The van der Waals surface area contributed by atoms with Crippen molar-refractivity contribution >= 4 is 23.8 Å². The highest BCUT2D eigenvalue weighted by Gasteiger charge is 2.51. The minimum absolute atomic E-state index is 0.347. The lowest BCUT2D eigenvalue weighted by Crippen LogP contribution is -2.41. The molecule has 4 rings (SSSR count). The highest BCUT2D eigenvalue weighted by molar-refractivity contribution is 6.62. The van der Waals surface area contributed by atoms with Gasteiger partial charge in [0.05, 0.1) is 11.2 Å². The molecule has 2 aromatic heterocycles. The van der Waals surface area contributed by atoms with Gasteiger partial charge in [0.15, 0.2) is 0 Å². The van der Waals surface area contributed by atoms with Gasteiger partial charge in [-0.05, 0) is 63.8 Å². The fourth-order valence-corrected chi connectivity index (χ4v) is 2.81. The van der Waals surface area contributed by atoms with Crippen LogP contribution in [0.5, 0.6) is 0 Å². The van der Waals surface area contributed by atoms with E-state index in [0.717, 1.165) is 22.1 Å². The second-order valence-electron chi connectivity index (χ2n) is 7.57. The van der Waals surface area contributed by atoms with Gasteiger partial charge in [-0.1, -0.05) is 12.1 Å². The Balaban J connectivity index is 1.62. The third-order valence-corrected chi connectivity index (χ3v) is 5.07. The highest BCUT2D eigenvalue weighted by atomic mass is 16.7. The zero-order valence-electron chi connectivity index (χ0n) is 15.2. The molecule has 1 aliphatic rings. The summed E-state index contributed by atoms with van der Waals surface area (Å²) in [6, 6.07) is 9.89. The average molecular weight is 336 g/mol. The van der Waals surface area contributed by atoms with Crippen LogP contribution in [0, 0.1) is 6.92 Å². The van der Waals surface area contributed by atoms with Crippen LogP contribution in [0.1, 0.15) is 33.3 Å². The molecule has 0 unspecified atom stereocenters. The van der Waals surface area contributed by atoms with E-state index < -0.39 is 0 Å². The molecule has 3 aromatic rings. The number of aryl methyl sites for hydroxylation is 1. The van der Waals surface area contributed by atoms with Gasteiger partial charge in [-0.3, -0.25) is 0 Å². The topological polar surface area (TPSA) is 57.4 Å². The van der Waals surface area contributed by atoms with Gasteiger partial charge in [0, 0.05) is 11.8 Å². The second-order valence-corrected chi connectivity index (χ2v) is 7.57. The van der Waals surface area contributed by atoms with Crippen LogP contribution < -0.4 is 5.46 Å². The maximum atomic E-state index is 6.09. The Morgan fingerprint density at radius 1 is 0.960 bits per heavy atom. The number of rotatable bonds is 2. The number of pyridine rings is 1. The summed E-state index contributed by atoms with van der Waals surface area (Å²) in [5.41, 5.74) is 3.56. The molecule has 6 heteroatoms.